The Morgan fingerprint density at radius 3 is 2.53 bits per heavy atom. The lowest BCUT2D eigenvalue weighted by atomic mass is 10.1. The molecule has 0 radical (unpaired) electrons. The third-order valence-electron chi connectivity index (χ3n) is 3.22. The van der Waals surface area contributed by atoms with Gasteiger partial charge in [-0.05, 0) is 49.8 Å². The zero-order chi connectivity index (χ0) is 14.0. The highest BCUT2D eigenvalue weighted by atomic mass is 15.0. The van der Waals surface area contributed by atoms with E-state index in [2.05, 4.69) is 75.0 Å². The van der Waals surface area contributed by atoms with Gasteiger partial charge in [-0.15, -0.1) is 0 Å². The van der Waals surface area contributed by atoms with Crippen molar-refractivity contribution in [3.05, 3.63) is 36.0 Å². The van der Waals surface area contributed by atoms with Gasteiger partial charge >= 0.3 is 0 Å². The fourth-order valence-electron chi connectivity index (χ4n) is 2.26. The van der Waals surface area contributed by atoms with Crippen LogP contribution in [0, 0.1) is 5.92 Å². The molecule has 19 heavy (non-hydrogen) atoms. The van der Waals surface area contributed by atoms with Gasteiger partial charge in [0.1, 0.15) is 0 Å². The van der Waals surface area contributed by atoms with Crippen LogP contribution in [0.4, 0.5) is 0 Å². The monoisotopic (exact) mass is 258 g/mol. The molecule has 0 atom stereocenters. The van der Waals surface area contributed by atoms with Crippen LogP contribution in [0.5, 0.6) is 0 Å². The van der Waals surface area contributed by atoms with Gasteiger partial charge in [-0.25, -0.2) is 0 Å². The smallest absolute Gasteiger partial charge is 0.0483 e. The van der Waals surface area contributed by atoms with Gasteiger partial charge in [0.05, 0.1) is 0 Å². The number of rotatable bonds is 4. The summed E-state index contributed by atoms with van der Waals surface area (Å²) in [4.78, 5) is 0. The number of fused-ring (bicyclic) bond motifs is 1. The Labute approximate surface area is 116 Å². The van der Waals surface area contributed by atoms with E-state index in [1.54, 1.807) is 0 Å². The number of benzene rings is 1. The maximum absolute atomic E-state index is 3.55. The van der Waals surface area contributed by atoms with E-state index < -0.39 is 0 Å². The minimum absolute atomic E-state index is 0.162. The van der Waals surface area contributed by atoms with E-state index in [9.17, 15) is 0 Å². The molecule has 1 aromatic heterocycles. The highest BCUT2D eigenvalue weighted by Crippen LogP contribution is 2.19. The molecule has 2 aromatic rings. The maximum Gasteiger partial charge on any atom is 0.0483 e. The van der Waals surface area contributed by atoms with Gasteiger partial charge in [-0.1, -0.05) is 26.0 Å². The lowest BCUT2D eigenvalue weighted by Crippen LogP contribution is -2.35. The first-order valence-corrected chi connectivity index (χ1v) is 7.18. The van der Waals surface area contributed by atoms with E-state index in [0.29, 0.717) is 5.92 Å². The number of hydrogen-bond donors (Lipinski definition) is 1. The quantitative estimate of drug-likeness (QED) is 0.870. The van der Waals surface area contributed by atoms with Crippen LogP contribution in [0.3, 0.4) is 0 Å². The topological polar surface area (TPSA) is 17.0 Å². The van der Waals surface area contributed by atoms with E-state index >= 15 is 0 Å². The number of aromatic nitrogens is 1. The lowest BCUT2D eigenvalue weighted by Gasteiger charge is -2.20. The molecule has 0 spiro atoms. The Morgan fingerprint density at radius 2 is 1.89 bits per heavy atom. The minimum atomic E-state index is 0.162. The first-order chi connectivity index (χ1) is 8.85. The summed E-state index contributed by atoms with van der Waals surface area (Å²) in [5, 5.41) is 4.88. The van der Waals surface area contributed by atoms with E-state index in [-0.39, 0.29) is 5.54 Å². The molecule has 0 aliphatic heterocycles. The second kappa shape index (κ2) is 5.38. The van der Waals surface area contributed by atoms with Crippen LogP contribution < -0.4 is 5.32 Å². The summed E-state index contributed by atoms with van der Waals surface area (Å²) in [5.41, 5.74) is 2.86. The predicted octanol–water partition coefficient (Wildman–Crippen LogP) is 4.19. The molecule has 0 saturated heterocycles. The van der Waals surface area contributed by atoms with E-state index in [1.807, 2.05) is 0 Å². The summed E-state index contributed by atoms with van der Waals surface area (Å²) < 4.78 is 2.36. The fraction of sp³-hybridized carbons (Fsp3) is 0.529. The maximum atomic E-state index is 3.55. The molecule has 1 N–H and O–H groups in total. The normalized spacial score (nSPS) is 12.5. The van der Waals surface area contributed by atoms with E-state index in [1.165, 1.54) is 16.5 Å². The molecule has 0 aliphatic carbocycles. The highest BCUT2D eigenvalue weighted by Gasteiger charge is 2.09. The molecule has 2 heteroatoms. The van der Waals surface area contributed by atoms with Crippen LogP contribution in [-0.2, 0) is 13.1 Å². The van der Waals surface area contributed by atoms with Crippen LogP contribution >= 0.6 is 0 Å². The Kier molecular flexibility index (Phi) is 4.00. The van der Waals surface area contributed by atoms with Crippen molar-refractivity contribution in [3.8, 4) is 0 Å². The van der Waals surface area contributed by atoms with Gasteiger partial charge in [-0.3, -0.25) is 0 Å². The average Bonchev–Trinajstić information content (AvgIpc) is 2.68. The van der Waals surface area contributed by atoms with Crippen molar-refractivity contribution in [2.24, 2.45) is 5.92 Å². The third kappa shape index (κ3) is 3.84. The highest BCUT2D eigenvalue weighted by molar-refractivity contribution is 5.80. The van der Waals surface area contributed by atoms with Gasteiger partial charge in [0.25, 0.3) is 0 Å². The first kappa shape index (κ1) is 14.1. The van der Waals surface area contributed by atoms with Gasteiger partial charge in [-0.2, -0.15) is 0 Å². The summed E-state index contributed by atoms with van der Waals surface area (Å²) in [6.07, 6.45) is 2.20. The summed E-state index contributed by atoms with van der Waals surface area (Å²) >= 11 is 0. The van der Waals surface area contributed by atoms with Crippen LogP contribution in [-0.4, -0.2) is 10.1 Å². The molecule has 2 rings (SSSR count). The van der Waals surface area contributed by atoms with Crippen molar-refractivity contribution in [2.75, 3.05) is 0 Å². The molecule has 2 nitrogen and oxygen atoms in total. The first-order valence-electron chi connectivity index (χ1n) is 7.18. The number of nitrogens with one attached hydrogen (secondary N) is 1. The van der Waals surface area contributed by atoms with Crippen molar-refractivity contribution >= 4 is 10.9 Å². The van der Waals surface area contributed by atoms with Crippen LogP contribution in [0.15, 0.2) is 30.5 Å². The number of hydrogen-bond acceptors (Lipinski definition) is 1. The molecule has 0 bridgehead atoms. The molecular weight excluding hydrogens is 232 g/mol. The molecular formula is C17H26N2. The van der Waals surface area contributed by atoms with Gasteiger partial charge in [0, 0.05) is 30.3 Å². The Hall–Kier alpha value is -1.28. The van der Waals surface area contributed by atoms with Crippen molar-refractivity contribution in [1.29, 1.82) is 0 Å². The van der Waals surface area contributed by atoms with Gasteiger partial charge < -0.3 is 9.88 Å². The standard InChI is InChI=1S/C17H26N2/c1-13(2)12-19-9-8-15-7-6-14(10-16(15)19)11-18-17(3,4)5/h6-10,13,18H,11-12H2,1-5H3. The zero-order valence-electron chi connectivity index (χ0n) is 12.8. The largest absolute Gasteiger partial charge is 0.347 e. The van der Waals surface area contributed by atoms with Crippen LogP contribution in [0.1, 0.15) is 40.2 Å². The summed E-state index contributed by atoms with van der Waals surface area (Å²) in [5.74, 6) is 0.673. The predicted molar refractivity (Wildman–Crippen MR) is 83.4 cm³/mol. The molecule has 0 unspecified atom stereocenters. The van der Waals surface area contributed by atoms with Gasteiger partial charge in [0.15, 0.2) is 0 Å². The lowest BCUT2D eigenvalue weighted by molar-refractivity contribution is 0.424. The molecule has 0 saturated carbocycles. The molecule has 1 heterocycles. The minimum Gasteiger partial charge on any atom is -0.347 e. The second-order valence-corrected chi connectivity index (χ2v) is 6.86. The summed E-state index contributed by atoms with van der Waals surface area (Å²) in [7, 11) is 0. The van der Waals surface area contributed by atoms with Gasteiger partial charge in [0.2, 0.25) is 0 Å². The van der Waals surface area contributed by atoms with Crippen molar-refractivity contribution < 1.29 is 0 Å². The average molecular weight is 258 g/mol. The Balaban J connectivity index is 2.23. The SMILES string of the molecule is CC(C)Cn1ccc2ccc(CNC(C)(C)C)cc21. The molecule has 0 amide bonds. The zero-order valence-corrected chi connectivity index (χ0v) is 12.8. The van der Waals surface area contributed by atoms with E-state index in [0.717, 1.165) is 13.1 Å². The second-order valence-electron chi connectivity index (χ2n) is 6.86. The molecule has 0 aliphatic rings. The van der Waals surface area contributed by atoms with Crippen molar-refractivity contribution in [3.63, 3.8) is 0 Å². The molecule has 1 aromatic carbocycles. The Bertz CT molecular complexity index is 544. The van der Waals surface area contributed by atoms with Crippen LogP contribution in [0.25, 0.3) is 10.9 Å². The molecule has 0 fully saturated rings. The number of nitrogens with zero attached hydrogens (tertiary/aromatic N) is 1. The van der Waals surface area contributed by atoms with Crippen LogP contribution in [0.2, 0.25) is 0 Å². The summed E-state index contributed by atoms with van der Waals surface area (Å²) in [6.45, 7) is 13.1. The van der Waals surface area contributed by atoms with Crippen molar-refractivity contribution in [1.82, 2.24) is 9.88 Å². The Morgan fingerprint density at radius 1 is 1.16 bits per heavy atom. The van der Waals surface area contributed by atoms with Crippen molar-refractivity contribution in [2.45, 2.75) is 53.2 Å². The third-order valence-corrected chi connectivity index (χ3v) is 3.22. The summed E-state index contributed by atoms with van der Waals surface area (Å²) in [6, 6.07) is 8.97. The molecule has 104 valence electrons. The van der Waals surface area contributed by atoms with E-state index in [4.69, 9.17) is 0 Å². The fourth-order valence-corrected chi connectivity index (χ4v) is 2.26.